The number of hydrogen-bond donors (Lipinski definition) is 3. The van der Waals surface area contributed by atoms with Crippen LogP contribution in [0.4, 0.5) is 5.69 Å². The number of methoxy groups -OCH3 is 1. The van der Waals surface area contributed by atoms with Crippen molar-refractivity contribution in [2.24, 2.45) is 4.99 Å². The molecule has 0 fully saturated rings. The molecule has 0 aliphatic carbocycles. The first kappa shape index (κ1) is 20.4. The normalized spacial score (nSPS) is 16.0. The molecule has 3 N–H and O–H groups in total. The number of carbonyl (C=O) groups excluding carboxylic acids is 2. The molecular weight excluding hydrogens is 372 g/mol. The number of furan rings is 1. The van der Waals surface area contributed by atoms with Crippen LogP contribution in [0.5, 0.6) is 0 Å². The van der Waals surface area contributed by atoms with E-state index in [0.717, 1.165) is 11.3 Å². The molecule has 29 heavy (non-hydrogen) atoms. The van der Waals surface area contributed by atoms with Gasteiger partial charge in [-0.15, -0.1) is 0 Å². The van der Waals surface area contributed by atoms with E-state index in [0.29, 0.717) is 42.6 Å². The van der Waals surface area contributed by atoms with Gasteiger partial charge in [-0.1, -0.05) is 18.2 Å². The molecule has 1 unspecified atom stereocenters. The molecule has 0 saturated carbocycles. The molecule has 1 amide bonds. The molecule has 1 aliphatic rings. The second-order valence-corrected chi connectivity index (χ2v) is 6.79. The maximum absolute atomic E-state index is 12.0. The average molecular weight is 398 g/mol. The van der Waals surface area contributed by atoms with Crippen LogP contribution in [0.3, 0.4) is 0 Å². The van der Waals surface area contributed by atoms with Crippen molar-refractivity contribution in [3.05, 3.63) is 53.0 Å². The van der Waals surface area contributed by atoms with Crippen LogP contribution in [0.15, 0.2) is 39.7 Å². The van der Waals surface area contributed by atoms with E-state index < -0.39 is 5.97 Å². The topological polar surface area (TPSA) is 105 Å². The number of hydrogen-bond acceptors (Lipinski definition) is 5. The van der Waals surface area contributed by atoms with Gasteiger partial charge in [0.05, 0.1) is 7.11 Å². The maximum Gasteiger partial charge on any atom is 0.341 e. The Kier molecular flexibility index (Phi) is 6.54. The number of esters is 1. The Morgan fingerprint density at radius 1 is 1.34 bits per heavy atom. The molecule has 2 aromatic rings. The van der Waals surface area contributed by atoms with E-state index in [-0.39, 0.29) is 18.4 Å². The highest BCUT2D eigenvalue weighted by Crippen LogP contribution is 2.31. The molecule has 0 bridgehead atoms. The number of aryl methyl sites for hydroxylation is 1. The van der Waals surface area contributed by atoms with Gasteiger partial charge in [-0.25, -0.2) is 9.79 Å². The Bertz CT molecular complexity index is 919. The second kappa shape index (κ2) is 9.27. The summed E-state index contributed by atoms with van der Waals surface area (Å²) in [5.74, 6) is 1.33. The summed E-state index contributed by atoms with van der Waals surface area (Å²) in [4.78, 5) is 28.2. The maximum atomic E-state index is 12.0. The van der Waals surface area contributed by atoms with Gasteiger partial charge in [-0.05, 0) is 31.5 Å². The summed E-state index contributed by atoms with van der Waals surface area (Å²) in [5, 5.41) is 9.40. The van der Waals surface area contributed by atoms with Gasteiger partial charge in [-0.2, -0.15) is 0 Å². The minimum Gasteiger partial charge on any atom is -0.465 e. The zero-order chi connectivity index (χ0) is 20.8. The SMILES string of the molecule is CCNC(=NCc1cc(C(=O)OC)c(C)o1)NCC1CC(=O)Nc2ccccc21. The molecule has 1 aromatic heterocycles. The van der Waals surface area contributed by atoms with Gasteiger partial charge in [0.15, 0.2) is 5.96 Å². The fourth-order valence-electron chi connectivity index (χ4n) is 3.34. The molecule has 154 valence electrons. The summed E-state index contributed by atoms with van der Waals surface area (Å²) in [6, 6.07) is 9.48. The molecule has 1 atom stereocenters. The summed E-state index contributed by atoms with van der Waals surface area (Å²) in [5.41, 5.74) is 2.37. The molecule has 1 aliphatic heterocycles. The number of nitrogens with one attached hydrogen (secondary N) is 3. The first-order chi connectivity index (χ1) is 14.0. The highest BCUT2D eigenvalue weighted by Gasteiger charge is 2.24. The predicted octanol–water partition coefficient (Wildman–Crippen LogP) is 2.56. The number of anilines is 1. The number of nitrogens with zero attached hydrogens (tertiary/aromatic N) is 1. The molecule has 1 aromatic carbocycles. The number of carbonyl (C=O) groups is 2. The quantitative estimate of drug-likeness (QED) is 0.392. The van der Waals surface area contributed by atoms with Crippen LogP contribution in [0.25, 0.3) is 0 Å². The number of amides is 1. The van der Waals surface area contributed by atoms with Crippen LogP contribution in [-0.2, 0) is 16.1 Å². The summed E-state index contributed by atoms with van der Waals surface area (Å²) in [6.45, 7) is 5.23. The lowest BCUT2D eigenvalue weighted by atomic mass is 9.90. The van der Waals surface area contributed by atoms with E-state index in [4.69, 9.17) is 9.15 Å². The Balaban J connectivity index is 1.68. The van der Waals surface area contributed by atoms with Crippen LogP contribution in [0.2, 0.25) is 0 Å². The monoisotopic (exact) mass is 398 g/mol. The van der Waals surface area contributed by atoms with Gasteiger partial charge in [0.2, 0.25) is 5.91 Å². The minimum atomic E-state index is -0.430. The standard InChI is InChI=1S/C21H26N4O4/c1-4-22-21(24-12-15-10-17(13(2)29-15)20(27)28-3)23-11-14-9-19(26)25-18-8-6-5-7-16(14)18/h5-8,10,14H,4,9,11-12H2,1-3H3,(H,25,26)(H2,22,23,24). The Labute approximate surface area is 169 Å². The number of fused-ring (bicyclic) bond motifs is 1. The third-order valence-corrected chi connectivity index (χ3v) is 4.73. The first-order valence-electron chi connectivity index (χ1n) is 9.60. The lowest BCUT2D eigenvalue weighted by molar-refractivity contribution is -0.116. The van der Waals surface area contributed by atoms with Gasteiger partial charge in [0.25, 0.3) is 0 Å². The van der Waals surface area contributed by atoms with Crippen LogP contribution < -0.4 is 16.0 Å². The van der Waals surface area contributed by atoms with Gasteiger partial charge < -0.3 is 25.1 Å². The number of benzene rings is 1. The third-order valence-electron chi connectivity index (χ3n) is 4.73. The number of para-hydroxylation sites is 1. The van der Waals surface area contributed by atoms with Crippen molar-refractivity contribution in [2.45, 2.75) is 32.7 Å². The number of rotatable bonds is 6. The van der Waals surface area contributed by atoms with Crippen molar-refractivity contribution in [1.82, 2.24) is 10.6 Å². The Hall–Kier alpha value is -3.29. The highest BCUT2D eigenvalue weighted by atomic mass is 16.5. The lowest BCUT2D eigenvalue weighted by Gasteiger charge is -2.26. The van der Waals surface area contributed by atoms with E-state index in [9.17, 15) is 9.59 Å². The second-order valence-electron chi connectivity index (χ2n) is 6.79. The Morgan fingerprint density at radius 3 is 2.90 bits per heavy atom. The van der Waals surface area contributed by atoms with Crippen LogP contribution in [0, 0.1) is 6.92 Å². The van der Waals surface area contributed by atoms with Gasteiger partial charge in [0.1, 0.15) is 23.6 Å². The van der Waals surface area contributed by atoms with E-state index in [1.165, 1.54) is 7.11 Å². The van der Waals surface area contributed by atoms with E-state index in [1.807, 2.05) is 31.2 Å². The molecule has 8 heteroatoms. The van der Waals surface area contributed by atoms with Crippen LogP contribution in [-0.4, -0.2) is 38.0 Å². The Morgan fingerprint density at radius 2 is 2.14 bits per heavy atom. The molecule has 3 rings (SSSR count). The van der Waals surface area contributed by atoms with E-state index >= 15 is 0 Å². The smallest absolute Gasteiger partial charge is 0.341 e. The number of ether oxygens (including phenoxy) is 1. The van der Waals surface area contributed by atoms with E-state index in [2.05, 4.69) is 20.9 Å². The number of guanidine groups is 1. The lowest BCUT2D eigenvalue weighted by Crippen LogP contribution is -2.40. The molecule has 0 saturated heterocycles. The van der Waals surface area contributed by atoms with Gasteiger partial charge >= 0.3 is 5.97 Å². The average Bonchev–Trinajstić information content (AvgIpc) is 3.09. The molecule has 2 heterocycles. The molecule has 0 spiro atoms. The first-order valence-corrected chi connectivity index (χ1v) is 9.60. The third kappa shape index (κ3) is 4.96. The van der Waals surface area contributed by atoms with Crippen LogP contribution >= 0.6 is 0 Å². The largest absolute Gasteiger partial charge is 0.465 e. The zero-order valence-corrected chi connectivity index (χ0v) is 16.9. The summed E-state index contributed by atoms with van der Waals surface area (Å²) >= 11 is 0. The van der Waals surface area contributed by atoms with E-state index in [1.54, 1.807) is 13.0 Å². The summed E-state index contributed by atoms with van der Waals surface area (Å²) in [7, 11) is 1.34. The van der Waals surface area contributed by atoms with Gasteiger partial charge in [0, 0.05) is 31.1 Å². The predicted molar refractivity (Wildman–Crippen MR) is 110 cm³/mol. The van der Waals surface area contributed by atoms with Crippen molar-refractivity contribution >= 4 is 23.5 Å². The van der Waals surface area contributed by atoms with Crippen LogP contribution in [0.1, 0.15) is 46.7 Å². The summed E-state index contributed by atoms with van der Waals surface area (Å²) in [6.07, 6.45) is 0.420. The van der Waals surface area contributed by atoms with Gasteiger partial charge in [-0.3, -0.25) is 4.79 Å². The molecule has 0 radical (unpaired) electrons. The molecule has 8 nitrogen and oxygen atoms in total. The van der Waals surface area contributed by atoms with Crippen molar-refractivity contribution in [2.75, 3.05) is 25.5 Å². The van der Waals surface area contributed by atoms with Crippen molar-refractivity contribution in [3.8, 4) is 0 Å². The highest BCUT2D eigenvalue weighted by molar-refractivity contribution is 5.95. The summed E-state index contributed by atoms with van der Waals surface area (Å²) < 4.78 is 10.4. The molecular formula is C21H26N4O4. The fourth-order valence-corrected chi connectivity index (χ4v) is 3.34. The van der Waals surface area contributed by atoms with Crippen molar-refractivity contribution < 1.29 is 18.7 Å². The zero-order valence-electron chi connectivity index (χ0n) is 16.9. The fraction of sp³-hybridized carbons (Fsp3) is 0.381. The number of aliphatic imine (C=N–C) groups is 1. The van der Waals surface area contributed by atoms with Crippen molar-refractivity contribution in [1.29, 1.82) is 0 Å². The van der Waals surface area contributed by atoms with Crippen molar-refractivity contribution in [3.63, 3.8) is 0 Å². The minimum absolute atomic E-state index is 0.0128.